The van der Waals surface area contributed by atoms with Crippen LogP contribution < -0.4 is 14.2 Å². The van der Waals surface area contributed by atoms with Gasteiger partial charge in [0, 0.05) is 38.5 Å². The molecular weight excluding hydrogens is 853 g/mol. The summed E-state index contributed by atoms with van der Waals surface area (Å²) in [6, 6.07) is 3.87. The number of amides is 2. The largest absolute Gasteiger partial charge is 0.497 e. The Kier molecular flexibility index (Phi) is 13.9. The summed E-state index contributed by atoms with van der Waals surface area (Å²) >= 11 is 0. The van der Waals surface area contributed by atoms with Gasteiger partial charge in [-0.15, -0.1) is 0 Å². The van der Waals surface area contributed by atoms with Crippen LogP contribution in [0.5, 0.6) is 11.6 Å². The number of allylic oxidation sites excluding steroid dienone is 2. The predicted octanol–water partition coefficient (Wildman–Crippen LogP) is 6.55. The molecule has 0 spiro atoms. The van der Waals surface area contributed by atoms with Gasteiger partial charge in [0.05, 0.1) is 48.5 Å². The highest BCUT2D eigenvalue weighted by Crippen LogP contribution is 2.58. The van der Waals surface area contributed by atoms with Crippen molar-refractivity contribution in [3.05, 3.63) is 36.0 Å². The second-order valence-corrected chi connectivity index (χ2v) is 20.7. The summed E-state index contributed by atoms with van der Waals surface area (Å²) in [5.41, 5.74) is -2.91. The molecule has 2 aliphatic heterocycles. The number of fused-ring (bicyclic) bond motifs is 3. The molecule has 19 heteroatoms. The first-order valence-electron chi connectivity index (χ1n) is 21.4. The number of carbonyl (C=O) groups excluding carboxylic acids is 4. The van der Waals surface area contributed by atoms with E-state index in [1.165, 1.54) is 19.1 Å². The minimum Gasteiger partial charge on any atom is -0.497 e. The fourth-order valence-electron chi connectivity index (χ4n) is 8.79. The summed E-state index contributed by atoms with van der Waals surface area (Å²) in [6.07, 6.45) is -1.99. The van der Waals surface area contributed by atoms with Crippen molar-refractivity contribution in [2.45, 2.75) is 127 Å². The molecule has 2 saturated carbocycles. The molecule has 1 aromatic carbocycles. The minimum absolute atomic E-state index is 0.0419. The molecule has 3 fully saturated rings. The molecule has 6 rings (SSSR count). The van der Waals surface area contributed by atoms with E-state index >= 15 is 4.79 Å². The SMILES string of the molecule is COC[C@@H]1C[C@H](C)CC/C=C\[C@@H]2C[C@@]2(C(=O)NS(=O)(=O)C2(CF)CC2)CC(=O)[C@@H]2C[C@@H](Oc3nc4cc(OC)ccc4nc3C(C)C)CN2C(=O)[C@H]1CC(=O)OC(C)(C)C(F)(F)F. The molecule has 2 amide bonds. The van der Waals surface area contributed by atoms with Crippen LogP contribution in [0.1, 0.15) is 104 Å². The minimum atomic E-state index is -4.92. The second kappa shape index (κ2) is 18.2. The number of ether oxygens (including phenoxy) is 4. The summed E-state index contributed by atoms with van der Waals surface area (Å²) in [7, 11) is -1.53. The monoisotopic (exact) mass is 910 g/mol. The Bertz CT molecular complexity index is 2210. The lowest BCUT2D eigenvalue weighted by molar-refractivity contribution is -0.257. The van der Waals surface area contributed by atoms with E-state index in [1.54, 1.807) is 24.3 Å². The average molecular weight is 911 g/mol. The topological polar surface area (TPSA) is 180 Å². The highest BCUT2D eigenvalue weighted by Gasteiger charge is 2.64. The lowest BCUT2D eigenvalue weighted by atomic mass is 9.81. The van der Waals surface area contributed by atoms with E-state index in [2.05, 4.69) is 4.72 Å². The maximum absolute atomic E-state index is 15.1. The fraction of sp³-hybridized carbons (Fsp3) is 0.682. The number of nitrogens with one attached hydrogen (secondary N) is 1. The zero-order valence-electron chi connectivity index (χ0n) is 36.8. The molecule has 1 N–H and O–H groups in total. The lowest BCUT2D eigenvalue weighted by Gasteiger charge is -2.34. The van der Waals surface area contributed by atoms with Crippen LogP contribution in [0.4, 0.5) is 17.6 Å². The number of esters is 1. The number of rotatable bonds is 13. The molecule has 1 aromatic heterocycles. The van der Waals surface area contributed by atoms with Crippen molar-refractivity contribution in [2.75, 3.05) is 34.0 Å². The summed E-state index contributed by atoms with van der Waals surface area (Å²) in [5.74, 6) is -5.76. The first-order chi connectivity index (χ1) is 29.5. The molecule has 0 radical (unpaired) electrons. The molecular formula is C44H58F4N4O10S. The second-order valence-electron chi connectivity index (χ2n) is 18.6. The molecule has 0 bridgehead atoms. The predicted molar refractivity (Wildman–Crippen MR) is 222 cm³/mol. The van der Waals surface area contributed by atoms with Crippen LogP contribution in [-0.4, -0.2) is 110 Å². The van der Waals surface area contributed by atoms with Gasteiger partial charge in [-0.25, -0.2) is 22.8 Å². The average Bonchev–Trinajstić information content (AvgIpc) is 4.11. The molecule has 14 nitrogen and oxygen atoms in total. The fourth-order valence-corrected chi connectivity index (χ4v) is 10.2. The van der Waals surface area contributed by atoms with Crippen LogP contribution in [0, 0.1) is 29.1 Å². The van der Waals surface area contributed by atoms with Gasteiger partial charge in [-0.05, 0) is 82.3 Å². The number of benzene rings is 1. The molecule has 0 unspecified atom stereocenters. The molecule has 3 heterocycles. The molecule has 1 saturated heterocycles. The maximum Gasteiger partial charge on any atom is 0.427 e. The third-order valence-electron chi connectivity index (χ3n) is 13.1. The Hall–Kier alpha value is -4.39. The first kappa shape index (κ1) is 48.1. The van der Waals surface area contributed by atoms with Gasteiger partial charge in [0.2, 0.25) is 33.3 Å². The molecule has 348 valence electrons. The van der Waals surface area contributed by atoms with Crippen LogP contribution in [0.15, 0.2) is 30.4 Å². The van der Waals surface area contributed by atoms with E-state index in [0.717, 1.165) is 0 Å². The number of carbonyl (C=O) groups is 4. The third kappa shape index (κ3) is 10.1. The third-order valence-corrected chi connectivity index (χ3v) is 15.2. The highest BCUT2D eigenvalue weighted by molar-refractivity contribution is 7.91. The van der Waals surface area contributed by atoms with Crippen molar-refractivity contribution in [1.82, 2.24) is 19.6 Å². The van der Waals surface area contributed by atoms with E-state index < -0.39 is 105 Å². The number of sulfonamides is 1. The maximum atomic E-state index is 15.1. The Morgan fingerprint density at radius 1 is 1.06 bits per heavy atom. The standard InChI is InChI=1S/C44H58F4N4O10S/c1-25(2)37-38(50-33-17-29(60-7)12-13-32(33)49-37)61-30-18-34-35(53)21-43(40(56)51-63(57,58)42(24-45)14-15-42)20-28(43)11-9-8-10-26(3)16-27(23-59-6)31(39(55)52(34)22-30)19-36(54)62-41(4,5)44(46,47)48/h9,11-13,17,25-28,30-31,34H,8,10,14-16,18-24H2,1-7H3,(H,51,56)/b11-9-/t26-,27+,28-,30-,31+,34+,43-/m1/s1. The normalized spacial score (nSPS) is 28.3. The van der Waals surface area contributed by atoms with Crippen molar-refractivity contribution < 1.29 is 64.1 Å². The number of nitrogens with zero attached hydrogens (tertiary/aromatic N) is 3. The number of ketones is 1. The molecule has 2 aromatic rings. The number of alkyl halides is 4. The number of Topliss-reactive ketones (excluding diaryl/α,β-unsaturated/α-hetero) is 1. The van der Waals surface area contributed by atoms with Crippen molar-refractivity contribution >= 4 is 44.6 Å². The summed E-state index contributed by atoms with van der Waals surface area (Å²) in [5, 5.41) is 0. The number of methoxy groups -OCH3 is 2. The first-order valence-corrected chi connectivity index (χ1v) is 22.9. The van der Waals surface area contributed by atoms with E-state index in [-0.39, 0.29) is 56.6 Å². The van der Waals surface area contributed by atoms with Crippen molar-refractivity contribution in [1.29, 1.82) is 0 Å². The van der Waals surface area contributed by atoms with Crippen molar-refractivity contribution in [2.24, 2.45) is 29.1 Å². The number of halogens is 4. The summed E-state index contributed by atoms with van der Waals surface area (Å²) in [6.45, 7) is 5.68. The Morgan fingerprint density at radius 3 is 2.40 bits per heavy atom. The Balaban J connectivity index is 1.40. The van der Waals surface area contributed by atoms with Crippen LogP contribution in [0.25, 0.3) is 11.0 Å². The van der Waals surface area contributed by atoms with Gasteiger partial charge in [-0.1, -0.05) is 32.9 Å². The number of hydrogen-bond donors (Lipinski definition) is 1. The van der Waals surface area contributed by atoms with Crippen molar-refractivity contribution in [3.8, 4) is 11.6 Å². The van der Waals surface area contributed by atoms with Crippen LogP contribution >= 0.6 is 0 Å². The molecule has 7 atom stereocenters. The van der Waals surface area contributed by atoms with Crippen molar-refractivity contribution in [3.63, 3.8) is 0 Å². The van der Waals surface area contributed by atoms with Gasteiger partial charge in [0.15, 0.2) is 5.78 Å². The van der Waals surface area contributed by atoms with Crippen LogP contribution in [0.3, 0.4) is 0 Å². The number of aromatic nitrogens is 2. The number of hydrogen-bond acceptors (Lipinski definition) is 12. The molecule has 2 aliphatic carbocycles. The Labute approximate surface area is 365 Å². The summed E-state index contributed by atoms with van der Waals surface area (Å²) < 4.78 is 105. The van der Waals surface area contributed by atoms with E-state index in [0.29, 0.717) is 55.6 Å². The smallest absolute Gasteiger partial charge is 0.427 e. The molecule has 63 heavy (non-hydrogen) atoms. The summed E-state index contributed by atoms with van der Waals surface area (Å²) in [4.78, 5) is 68.3. The van der Waals surface area contributed by atoms with Gasteiger partial charge in [0.25, 0.3) is 0 Å². The van der Waals surface area contributed by atoms with E-state index in [9.17, 15) is 40.4 Å². The highest BCUT2D eigenvalue weighted by atomic mass is 32.2. The van der Waals surface area contributed by atoms with Crippen LogP contribution in [0.2, 0.25) is 0 Å². The van der Waals surface area contributed by atoms with Gasteiger partial charge < -0.3 is 23.8 Å². The van der Waals surface area contributed by atoms with Crippen LogP contribution in [-0.2, 0) is 38.7 Å². The van der Waals surface area contributed by atoms with Gasteiger partial charge in [-0.3, -0.25) is 23.9 Å². The lowest BCUT2D eigenvalue weighted by Crippen LogP contribution is -2.49. The van der Waals surface area contributed by atoms with Gasteiger partial charge in [-0.2, -0.15) is 13.2 Å². The Morgan fingerprint density at radius 2 is 1.78 bits per heavy atom. The zero-order chi connectivity index (χ0) is 46.3. The van der Waals surface area contributed by atoms with E-state index in [1.807, 2.05) is 26.8 Å². The zero-order valence-corrected chi connectivity index (χ0v) is 37.6. The van der Waals surface area contributed by atoms with Gasteiger partial charge in [0.1, 0.15) is 29.0 Å². The quantitative estimate of drug-likeness (QED) is 0.130. The van der Waals surface area contributed by atoms with E-state index in [4.69, 9.17) is 28.9 Å². The van der Waals surface area contributed by atoms with Gasteiger partial charge >= 0.3 is 12.1 Å². The molecule has 4 aliphatic rings.